The molecule has 0 spiro atoms. The SMILES string of the molecule is CCCCCN(C)c1ccc(CCN)cc1C(F)(F)F. The van der Waals surface area contributed by atoms with Gasteiger partial charge in [0.25, 0.3) is 0 Å². The van der Waals surface area contributed by atoms with E-state index in [4.69, 9.17) is 5.73 Å². The van der Waals surface area contributed by atoms with Crippen LogP contribution in [0.2, 0.25) is 0 Å². The molecule has 0 aliphatic rings. The standard InChI is InChI=1S/C15H23F3N2/c1-3-4-5-10-20(2)14-7-6-12(8-9-19)11-13(14)15(16,17)18/h6-7,11H,3-5,8-10,19H2,1-2H3. The molecule has 20 heavy (non-hydrogen) atoms. The van der Waals surface area contributed by atoms with E-state index in [0.29, 0.717) is 25.1 Å². The molecule has 0 amide bonds. The van der Waals surface area contributed by atoms with Gasteiger partial charge in [-0.2, -0.15) is 13.2 Å². The first-order valence-corrected chi connectivity index (χ1v) is 7.01. The minimum atomic E-state index is -4.33. The Morgan fingerprint density at radius 2 is 1.90 bits per heavy atom. The van der Waals surface area contributed by atoms with Crippen LogP contribution in [0, 0.1) is 0 Å². The summed E-state index contributed by atoms with van der Waals surface area (Å²) in [5.74, 6) is 0. The van der Waals surface area contributed by atoms with Crippen molar-refractivity contribution >= 4 is 5.69 Å². The van der Waals surface area contributed by atoms with Crippen molar-refractivity contribution in [3.8, 4) is 0 Å². The monoisotopic (exact) mass is 288 g/mol. The predicted molar refractivity (Wildman–Crippen MR) is 77.0 cm³/mol. The summed E-state index contributed by atoms with van der Waals surface area (Å²) >= 11 is 0. The summed E-state index contributed by atoms with van der Waals surface area (Å²) in [6, 6.07) is 4.51. The van der Waals surface area contributed by atoms with Crippen LogP contribution in [0.3, 0.4) is 0 Å². The van der Waals surface area contributed by atoms with Crippen LogP contribution in [0.15, 0.2) is 18.2 Å². The van der Waals surface area contributed by atoms with Gasteiger partial charge in [0.1, 0.15) is 0 Å². The summed E-state index contributed by atoms with van der Waals surface area (Å²) in [5, 5.41) is 0. The van der Waals surface area contributed by atoms with Gasteiger partial charge in [-0.25, -0.2) is 0 Å². The lowest BCUT2D eigenvalue weighted by Gasteiger charge is -2.24. The Bertz CT molecular complexity index is 416. The predicted octanol–water partition coefficient (Wildman–Crippen LogP) is 3.83. The first kappa shape index (κ1) is 16.8. The molecule has 114 valence electrons. The molecule has 0 aliphatic heterocycles. The normalized spacial score (nSPS) is 11.7. The van der Waals surface area contributed by atoms with Gasteiger partial charge in [0.15, 0.2) is 0 Å². The average Bonchev–Trinajstić information content (AvgIpc) is 2.38. The number of halogens is 3. The third-order valence-corrected chi connectivity index (χ3v) is 3.31. The molecule has 0 aromatic heterocycles. The fraction of sp³-hybridized carbons (Fsp3) is 0.600. The zero-order chi connectivity index (χ0) is 15.2. The molecule has 1 aromatic carbocycles. The van der Waals surface area contributed by atoms with Crippen molar-refractivity contribution in [1.82, 2.24) is 0 Å². The van der Waals surface area contributed by atoms with Crippen molar-refractivity contribution < 1.29 is 13.2 Å². The highest BCUT2D eigenvalue weighted by Crippen LogP contribution is 2.37. The molecule has 2 N–H and O–H groups in total. The number of hydrogen-bond acceptors (Lipinski definition) is 2. The highest BCUT2D eigenvalue weighted by atomic mass is 19.4. The summed E-state index contributed by atoms with van der Waals surface area (Å²) in [5.41, 5.74) is 5.71. The van der Waals surface area contributed by atoms with E-state index in [1.165, 1.54) is 6.07 Å². The van der Waals surface area contributed by atoms with Crippen LogP contribution in [-0.4, -0.2) is 20.1 Å². The van der Waals surface area contributed by atoms with Gasteiger partial charge in [0, 0.05) is 19.3 Å². The zero-order valence-electron chi connectivity index (χ0n) is 12.1. The van der Waals surface area contributed by atoms with E-state index >= 15 is 0 Å². The molecule has 0 fully saturated rings. The molecular weight excluding hydrogens is 265 g/mol. The van der Waals surface area contributed by atoms with Gasteiger partial charge in [-0.3, -0.25) is 0 Å². The number of nitrogens with zero attached hydrogens (tertiary/aromatic N) is 1. The van der Waals surface area contributed by atoms with E-state index in [9.17, 15) is 13.2 Å². The van der Waals surface area contributed by atoms with Crippen LogP contribution < -0.4 is 10.6 Å². The highest BCUT2D eigenvalue weighted by Gasteiger charge is 2.34. The Morgan fingerprint density at radius 1 is 1.20 bits per heavy atom. The zero-order valence-corrected chi connectivity index (χ0v) is 12.1. The smallest absolute Gasteiger partial charge is 0.374 e. The van der Waals surface area contributed by atoms with Gasteiger partial charge in [-0.15, -0.1) is 0 Å². The van der Waals surface area contributed by atoms with Crippen molar-refractivity contribution in [2.75, 3.05) is 25.0 Å². The van der Waals surface area contributed by atoms with Gasteiger partial charge in [0.05, 0.1) is 5.56 Å². The third-order valence-electron chi connectivity index (χ3n) is 3.31. The summed E-state index contributed by atoms with van der Waals surface area (Å²) in [4.78, 5) is 1.69. The minimum Gasteiger partial charge on any atom is -0.374 e. The maximum Gasteiger partial charge on any atom is 0.418 e. The van der Waals surface area contributed by atoms with E-state index in [1.54, 1.807) is 24.1 Å². The van der Waals surface area contributed by atoms with Crippen molar-refractivity contribution in [3.05, 3.63) is 29.3 Å². The molecule has 0 bridgehead atoms. The maximum atomic E-state index is 13.2. The number of alkyl halides is 3. The number of anilines is 1. The van der Waals surface area contributed by atoms with Crippen LogP contribution in [-0.2, 0) is 12.6 Å². The summed E-state index contributed by atoms with van der Waals surface area (Å²) in [6.07, 6.45) is -0.900. The van der Waals surface area contributed by atoms with Gasteiger partial charge in [0.2, 0.25) is 0 Å². The lowest BCUT2D eigenvalue weighted by atomic mass is 10.0. The fourth-order valence-electron chi connectivity index (χ4n) is 2.18. The number of nitrogens with two attached hydrogens (primary N) is 1. The van der Waals surface area contributed by atoms with E-state index in [2.05, 4.69) is 6.92 Å². The lowest BCUT2D eigenvalue weighted by Crippen LogP contribution is -2.22. The lowest BCUT2D eigenvalue weighted by molar-refractivity contribution is -0.137. The highest BCUT2D eigenvalue weighted by molar-refractivity contribution is 5.56. The molecule has 0 unspecified atom stereocenters. The number of rotatable bonds is 7. The average molecular weight is 288 g/mol. The van der Waals surface area contributed by atoms with Crippen LogP contribution >= 0.6 is 0 Å². The Hall–Kier alpha value is -1.23. The van der Waals surface area contributed by atoms with Gasteiger partial charge in [-0.1, -0.05) is 25.8 Å². The van der Waals surface area contributed by atoms with Crippen molar-refractivity contribution in [3.63, 3.8) is 0 Å². The van der Waals surface area contributed by atoms with Crippen LogP contribution in [0.4, 0.5) is 18.9 Å². The maximum absolute atomic E-state index is 13.2. The fourth-order valence-corrected chi connectivity index (χ4v) is 2.18. The molecule has 1 aromatic rings. The Balaban J connectivity index is 2.99. The van der Waals surface area contributed by atoms with Crippen molar-refractivity contribution in [1.29, 1.82) is 0 Å². The molecule has 0 radical (unpaired) electrons. The van der Waals surface area contributed by atoms with Crippen molar-refractivity contribution in [2.24, 2.45) is 5.73 Å². The van der Waals surface area contributed by atoms with Gasteiger partial charge < -0.3 is 10.6 Å². The molecule has 0 aliphatic carbocycles. The third kappa shape index (κ3) is 4.71. The first-order chi connectivity index (χ1) is 9.40. The minimum absolute atomic E-state index is 0.245. The summed E-state index contributed by atoms with van der Waals surface area (Å²) < 4.78 is 39.5. The molecule has 1 rings (SSSR count). The summed E-state index contributed by atoms with van der Waals surface area (Å²) in [6.45, 7) is 3.05. The molecule has 0 saturated carbocycles. The molecule has 5 heteroatoms. The molecule has 0 saturated heterocycles. The Morgan fingerprint density at radius 3 is 2.45 bits per heavy atom. The molecular formula is C15H23F3N2. The summed E-state index contributed by atoms with van der Waals surface area (Å²) in [7, 11) is 1.71. The van der Waals surface area contributed by atoms with Gasteiger partial charge in [-0.05, 0) is 37.1 Å². The van der Waals surface area contributed by atoms with E-state index < -0.39 is 11.7 Å². The second kappa shape index (κ2) is 7.53. The quantitative estimate of drug-likeness (QED) is 0.773. The molecule has 0 heterocycles. The van der Waals surface area contributed by atoms with Crippen molar-refractivity contribution in [2.45, 2.75) is 38.8 Å². The van der Waals surface area contributed by atoms with E-state index in [-0.39, 0.29) is 5.69 Å². The first-order valence-electron chi connectivity index (χ1n) is 7.01. The number of benzene rings is 1. The largest absolute Gasteiger partial charge is 0.418 e. The topological polar surface area (TPSA) is 29.3 Å². The van der Waals surface area contributed by atoms with Gasteiger partial charge >= 0.3 is 6.18 Å². The number of unbranched alkanes of at least 4 members (excludes halogenated alkanes) is 2. The van der Waals surface area contributed by atoms with E-state index in [1.807, 2.05) is 0 Å². The second-order valence-electron chi connectivity index (χ2n) is 5.02. The molecule has 0 atom stereocenters. The van der Waals surface area contributed by atoms with Crippen LogP contribution in [0.25, 0.3) is 0 Å². The van der Waals surface area contributed by atoms with E-state index in [0.717, 1.165) is 19.3 Å². The molecule has 2 nitrogen and oxygen atoms in total. The second-order valence-corrected chi connectivity index (χ2v) is 5.02. The Kier molecular flexibility index (Phi) is 6.33. The van der Waals surface area contributed by atoms with Crippen LogP contribution in [0.5, 0.6) is 0 Å². The Labute approximate surface area is 118 Å². The van der Waals surface area contributed by atoms with Crippen LogP contribution in [0.1, 0.15) is 37.3 Å². The number of hydrogen-bond donors (Lipinski definition) is 1.